The van der Waals surface area contributed by atoms with E-state index in [2.05, 4.69) is 10.6 Å². The number of carbonyl (C=O) groups excluding carboxylic acids is 3. The number of nitrogens with zero attached hydrogens (tertiary/aromatic N) is 1. The molecule has 0 radical (unpaired) electrons. The number of amides is 3. The average molecular weight is 550 g/mol. The van der Waals surface area contributed by atoms with E-state index in [9.17, 15) is 14.4 Å². The minimum atomic E-state index is -0.916. The Morgan fingerprint density at radius 2 is 1.64 bits per heavy atom. The molecule has 0 aromatic heterocycles. The third-order valence-corrected chi connectivity index (χ3v) is 7.09. The lowest BCUT2D eigenvalue weighted by Gasteiger charge is -2.32. The van der Waals surface area contributed by atoms with Crippen molar-refractivity contribution < 1.29 is 19.1 Å². The van der Waals surface area contributed by atoms with Gasteiger partial charge >= 0.3 is 6.09 Å². The lowest BCUT2D eigenvalue weighted by Crippen LogP contribution is -2.51. The fourth-order valence-electron chi connectivity index (χ4n) is 4.28. The Balaban J connectivity index is 1.93. The zero-order valence-corrected chi connectivity index (χ0v) is 24.6. The first-order chi connectivity index (χ1) is 18.4. The molecule has 0 heterocycles. The largest absolute Gasteiger partial charge is 0.444 e. The van der Waals surface area contributed by atoms with Gasteiger partial charge in [0.05, 0.1) is 0 Å². The molecule has 0 aliphatic rings. The highest BCUT2D eigenvalue weighted by Crippen LogP contribution is 2.27. The molecule has 208 valence electrons. The SMILES string of the molecule is CSCCC(NC(=O)OC(C)(C)C)C(=O)N(C)C(C(=O)Nc1ccc2ccccc2c1)c1ccc(C)c(C)c1. The second kappa shape index (κ2) is 13.0. The van der Waals surface area contributed by atoms with Gasteiger partial charge in [0.15, 0.2) is 0 Å². The van der Waals surface area contributed by atoms with E-state index in [1.807, 2.05) is 80.8 Å². The summed E-state index contributed by atoms with van der Waals surface area (Å²) in [5.74, 6) is -0.0606. The van der Waals surface area contributed by atoms with Crippen LogP contribution in [0.3, 0.4) is 0 Å². The Bertz CT molecular complexity index is 1330. The molecule has 3 amide bonds. The van der Waals surface area contributed by atoms with Gasteiger partial charge in [0.2, 0.25) is 5.91 Å². The fourth-order valence-corrected chi connectivity index (χ4v) is 4.75. The zero-order chi connectivity index (χ0) is 28.7. The minimum Gasteiger partial charge on any atom is -0.444 e. The standard InChI is InChI=1S/C31H39N3O4S/c1-20-12-13-24(18-21(20)2)27(28(35)32-25-15-14-22-10-8-9-11-23(22)19-25)34(6)29(36)26(16-17-39-7)33-30(37)38-31(3,4)5/h8-15,18-19,26-27H,16-17H2,1-7H3,(H,32,35)(H,33,37). The summed E-state index contributed by atoms with van der Waals surface area (Å²) in [7, 11) is 1.60. The summed E-state index contributed by atoms with van der Waals surface area (Å²) in [5.41, 5.74) is 2.73. The van der Waals surface area contributed by atoms with E-state index in [0.29, 0.717) is 23.4 Å². The molecule has 7 nitrogen and oxygen atoms in total. The van der Waals surface area contributed by atoms with Gasteiger partial charge in [0.1, 0.15) is 17.7 Å². The second-order valence-corrected chi connectivity index (χ2v) is 11.7. The molecule has 39 heavy (non-hydrogen) atoms. The van der Waals surface area contributed by atoms with Crippen LogP contribution < -0.4 is 10.6 Å². The maximum absolute atomic E-state index is 13.8. The highest BCUT2D eigenvalue weighted by molar-refractivity contribution is 7.98. The first-order valence-corrected chi connectivity index (χ1v) is 14.4. The first-order valence-electron chi connectivity index (χ1n) is 13.0. The van der Waals surface area contributed by atoms with Crippen LogP contribution in [-0.4, -0.2) is 53.5 Å². The molecule has 8 heteroatoms. The zero-order valence-electron chi connectivity index (χ0n) is 23.8. The Kier molecular flexibility index (Phi) is 10.0. The van der Waals surface area contributed by atoms with Gasteiger partial charge in [0.25, 0.3) is 5.91 Å². The average Bonchev–Trinajstić information content (AvgIpc) is 2.87. The van der Waals surface area contributed by atoms with E-state index >= 15 is 0 Å². The summed E-state index contributed by atoms with van der Waals surface area (Å²) in [5, 5.41) is 7.80. The molecular weight excluding hydrogens is 510 g/mol. The molecule has 0 fully saturated rings. The van der Waals surface area contributed by atoms with Crippen LogP contribution in [0.1, 0.15) is 49.9 Å². The van der Waals surface area contributed by atoms with E-state index < -0.39 is 23.8 Å². The summed E-state index contributed by atoms with van der Waals surface area (Å²) >= 11 is 1.57. The smallest absolute Gasteiger partial charge is 0.408 e. The van der Waals surface area contributed by atoms with Crippen molar-refractivity contribution in [1.29, 1.82) is 0 Å². The number of anilines is 1. The quantitative estimate of drug-likeness (QED) is 0.330. The predicted molar refractivity (Wildman–Crippen MR) is 160 cm³/mol. The Labute approximate surface area is 235 Å². The van der Waals surface area contributed by atoms with Crippen molar-refractivity contribution in [3.8, 4) is 0 Å². The Morgan fingerprint density at radius 1 is 0.949 bits per heavy atom. The molecule has 2 unspecified atom stereocenters. The van der Waals surface area contributed by atoms with Crippen LogP contribution in [0.25, 0.3) is 10.8 Å². The summed E-state index contributed by atoms with van der Waals surface area (Å²) in [6.07, 6.45) is 1.67. The van der Waals surface area contributed by atoms with Gasteiger partial charge in [-0.05, 0) is 92.6 Å². The molecule has 3 aromatic carbocycles. The van der Waals surface area contributed by atoms with Gasteiger partial charge in [0, 0.05) is 12.7 Å². The maximum Gasteiger partial charge on any atom is 0.408 e. The number of carbonyl (C=O) groups is 3. The number of rotatable bonds is 9. The number of hydrogen-bond acceptors (Lipinski definition) is 5. The van der Waals surface area contributed by atoms with Crippen molar-refractivity contribution in [3.63, 3.8) is 0 Å². The van der Waals surface area contributed by atoms with E-state index in [-0.39, 0.29) is 11.8 Å². The number of benzene rings is 3. The molecule has 2 N–H and O–H groups in total. The number of likely N-dealkylation sites (N-methyl/N-ethyl adjacent to an activating group) is 1. The van der Waals surface area contributed by atoms with Crippen LogP contribution in [-0.2, 0) is 14.3 Å². The molecule has 0 saturated heterocycles. The van der Waals surface area contributed by atoms with Gasteiger partial charge in [-0.25, -0.2) is 4.79 Å². The van der Waals surface area contributed by atoms with Gasteiger partial charge in [-0.2, -0.15) is 11.8 Å². The summed E-state index contributed by atoms with van der Waals surface area (Å²) in [6, 6.07) is 17.6. The van der Waals surface area contributed by atoms with Crippen molar-refractivity contribution in [2.24, 2.45) is 0 Å². The number of fused-ring (bicyclic) bond motifs is 1. The number of hydrogen-bond donors (Lipinski definition) is 2. The molecule has 0 saturated carbocycles. The van der Waals surface area contributed by atoms with Crippen molar-refractivity contribution in [1.82, 2.24) is 10.2 Å². The van der Waals surface area contributed by atoms with Crippen molar-refractivity contribution >= 4 is 46.1 Å². The molecular formula is C31H39N3O4S. The van der Waals surface area contributed by atoms with Gasteiger partial charge in [-0.15, -0.1) is 0 Å². The van der Waals surface area contributed by atoms with E-state index in [4.69, 9.17) is 4.74 Å². The van der Waals surface area contributed by atoms with E-state index in [1.165, 1.54) is 4.90 Å². The van der Waals surface area contributed by atoms with Crippen LogP contribution in [0, 0.1) is 13.8 Å². The molecule has 0 aliphatic heterocycles. The van der Waals surface area contributed by atoms with E-state index in [0.717, 1.165) is 21.9 Å². The normalized spacial score (nSPS) is 12.9. The van der Waals surface area contributed by atoms with Crippen LogP contribution in [0.5, 0.6) is 0 Å². The fraction of sp³-hybridized carbons (Fsp3) is 0.387. The van der Waals surface area contributed by atoms with Crippen molar-refractivity contribution in [2.45, 2.75) is 58.7 Å². The molecule has 0 aliphatic carbocycles. The van der Waals surface area contributed by atoms with Crippen LogP contribution in [0.2, 0.25) is 0 Å². The number of thioether (sulfide) groups is 1. The third-order valence-electron chi connectivity index (χ3n) is 6.45. The number of alkyl carbamates (subject to hydrolysis) is 1. The summed E-state index contributed by atoms with van der Waals surface area (Å²) in [4.78, 5) is 41.6. The summed E-state index contributed by atoms with van der Waals surface area (Å²) in [6.45, 7) is 9.28. The number of nitrogens with one attached hydrogen (secondary N) is 2. The molecule has 3 rings (SSSR count). The lowest BCUT2D eigenvalue weighted by atomic mass is 9.98. The highest BCUT2D eigenvalue weighted by Gasteiger charge is 2.34. The molecule has 0 bridgehead atoms. The third kappa shape index (κ3) is 8.23. The molecule has 2 atom stereocenters. The lowest BCUT2D eigenvalue weighted by molar-refractivity contribution is -0.139. The topological polar surface area (TPSA) is 87.7 Å². The highest BCUT2D eigenvalue weighted by atomic mass is 32.2. The van der Waals surface area contributed by atoms with Gasteiger partial charge in [-0.3, -0.25) is 9.59 Å². The van der Waals surface area contributed by atoms with Crippen LogP contribution in [0.4, 0.5) is 10.5 Å². The van der Waals surface area contributed by atoms with Gasteiger partial charge in [-0.1, -0.05) is 48.5 Å². The Hall–Kier alpha value is -3.52. The summed E-state index contributed by atoms with van der Waals surface area (Å²) < 4.78 is 5.41. The monoisotopic (exact) mass is 549 g/mol. The van der Waals surface area contributed by atoms with Crippen LogP contribution >= 0.6 is 11.8 Å². The Morgan fingerprint density at radius 3 is 2.28 bits per heavy atom. The second-order valence-electron chi connectivity index (χ2n) is 10.7. The first kappa shape index (κ1) is 30.0. The maximum atomic E-state index is 13.8. The number of aryl methyl sites for hydroxylation is 2. The van der Waals surface area contributed by atoms with Crippen molar-refractivity contribution in [2.75, 3.05) is 24.4 Å². The minimum absolute atomic E-state index is 0.342. The van der Waals surface area contributed by atoms with Gasteiger partial charge < -0.3 is 20.3 Å². The number of ether oxygens (including phenoxy) is 1. The van der Waals surface area contributed by atoms with Crippen molar-refractivity contribution in [3.05, 3.63) is 77.4 Å². The van der Waals surface area contributed by atoms with Crippen LogP contribution in [0.15, 0.2) is 60.7 Å². The molecule has 0 spiro atoms. The van der Waals surface area contributed by atoms with E-state index in [1.54, 1.807) is 39.6 Å². The molecule has 3 aromatic rings. The predicted octanol–water partition coefficient (Wildman–Crippen LogP) is 6.24.